The summed E-state index contributed by atoms with van der Waals surface area (Å²) in [5.41, 5.74) is 0. The Hall–Kier alpha value is -1.10. The standard InChI is InChI=1S/C13H21ClN2O3/c1-2-3-4-5-6-7-8-15-9-10-16(13(14)19)12(18)11(15)17/h2-10H2,1H3. The first-order chi connectivity index (χ1) is 9.07. The van der Waals surface area contributed by atoms with Crippen molar-refractivity contribution < 1.29 is 14.4 Å². The van der Waals surface area contributed by atoms with Crippen LogP contribution in [0.25, 0.3) is 0 Å². The van der Waals surface area contributed by atoms with Crippen LogP contribution < -0.4 is 0 Å². The predicted molar refractivity (Wildman–Crippen MR) is 72.9 cm³/mol. The van der Waals surface area contributed by atoms with Crippen LogP contribution in [0.3, 0.4) is 0 Å². The van der Waals surface area contributed by atoms with Crippen molar-refractivity contribution in [2.45, 2.75) is 45.4 Å². The lowest BCUT2D eigenvalue weighted by Crippen LogP contribution is -2.55. The van der Waals surface area contributed by atoms with Crippen molar-refractivity contribution in [2.75, 3.05) is 19.6 Å². The third kappa shape index (κ3) is 4.82. The second-order valence-electron chi connectivity index (χ2n) is 4.77. The van der Waals surface area contributed by atoms with E-state index in [1.54, 1.807) is 0 Å². The molecule has 0 atom stereocenters. The maximum absolute atomic E-state index is 11.7. The highest BCUT2D eigenvalue weighted by Crippen LogP contribution is 2.11. The maximum Gasteiger partial charge on any atom is 0.323 e. The number of piperazine rings is 1. The highest BCUT2D eigenvalue weighted by atomic mass is 35.5. The van der Waals surface area contributed by atoms with Crippen LogP contribution in [0.4, 0.5) is 4.79 Å². The topological polar surface area (TPSA) is 57.7 Å². The SMILES string of the molecule is CCCCCCCCN1CCN(C(=O)Cl)C(=O)C1=O. The fourth-order valence-corrected chi connectivity index (χ4v) is 2.30. The molecule has 1 aliphatic heterocycles. The van der Waals surface area contributed by atoms with Crippen molar-refractivity contribution >= 4 is 28.8 Å². The minimum atomic E-state index is -0.877. The molecular weight excluding hydrogens is 268 g/mol. The van der Waals surface area contributed by atoms with Crippen molar-refractivity contribution in [3.63, 3.8) is 0 Å². The van der Waals surface area contributed by atoms with Gasteiger partial charge in [-0.1, -0.05) is 39.0 Å². The molecule has 0 radical (unpaired) electrons. The number of nitrogens with zero attached hydrogens (tertiary/aromatic N) is 2. The number of unbranched alkanes of at least 4 members (excludes halogenated alkanes) is 5. The van der Waals surface area contributed by atoms with Crippen molar-refractivity contribution in [1.29, 1.82) is 0 Å². The molecule has 5 nitrogen and oxygen atoms in total. The average molecular weight is 289 g/mol. The highest BCUT2D eigenvalue weighted by Gasteiger charge is 2.34. The van der Waals surface area contributed by atoms with Crippen molar-refractivity contribution in [3.8, 4) is 0 Å². The van der Waals surface area contributed by atoms with E-state index in [2.05, 4.69) is 6.92 Å². The molecule has 0 aromatic rings. The van der Waals surface area contributed by atoms with Gasteiger partial charge >= 0.3 is 17.2 Å². The lowest BCUT2D eigenvalue weighted by atomic mass is 10.1. The first-order valence-electron chi connectivity index (χ1n) is 6.88. The van der Waals surface area contributed by atoms with Gasteiger partial charge in [-0.3, -0.25) is 19.3 Å². The van der Waals surface area contributed by atoms with E-state index in [0.717, 1.165) is 24.2 Å². The van der Waals surface area contributed by atoms with E-state index in [9.17, 15) is 14.4 Å². The van der Waals surface area contributed by atoms with E-state index >= 15 is 0 Å². The molecule has 0 aromatic heterocycles. The quantitative estimate of drug-likeness (QED) is 0.313. The second kappa shape index (κ2) is 8.15. The van der Waals surface area contributed by atoms with Gasteiger partial charge in [0.1, 0.15) is 0 Å². The monoisotopic (exact) mass is 288 g/mol. The summed E-state index contributed by atoms with van der Waals surface area (Å²) in [5.74, 6) is -1.42. The highest BCUT2D eigenvalue weighted by molar-refractivity contribution is 6.65. The molecule has 19 heavy (non-hydrogen) atoms. The van der Waals surface area contributed by atoms with Crippen LogP contribution in [-0.4, -0.2) is 46.6 Å². The Morgan fingerprint density at radius 3 is 2.32 bits per heavy atom. The molecule has 0 aromatic carbocycles. The summed E-state index contributed by atoms with van der Waals surface area (Å²) in [7, 11) is 0. The van der Waals surface area contributed by atoms with Gasteiger partial charge in [-0.15, -0.1) is 0 Å². The van der Waals surface area contributed by atoms with Crippen molar-refractivity contribution in [3.05, 3.63) is 0 Å². The van der Waals surface area contributed by atoms with E-state index in [1.807, 2.05) is 0 Å². The Morgan fingerprint density at radius 2 is 1.68 bits per heavy atom. The predicted octanol–water partition coefficient (Wildman–Crippen LogP) is 2.38. The van der Waals surface area contributed by atoms with Crippen LogP contribution in [-0.2, 0) is 9.59 Å². The molecule has 0 aliphatic carbocycles. The Bertz CT molecular complexity index is 347. The molecule has 0 unspecified atom stereocenters. The van der Waals surface area contributed by atoms with Gasteiger partial charge in [0.15, 0.2) is 0 Å². The summed E-state index contributed by atoms with van der Waals surface area (Å²) in [6.45, 7) is 3.34. The molecule has 1 rings (SSSR count). The van der Waals surface area contributed by atoms with Gasteiger partial charge in [0.05, 0.1) is 0 Å². The smallest absolute Gasteiger partial charge is 0.323 e. The van der Waals surface area contributed by atoms with Gasteiger partial charge < -0.3 is 4.90 Å². The molecule has 1 aliphatic rings. The number of amides is 3. The fourth-order valence-electron chi connectivity index (χ4n) is 2.14. The van der Waals surface area contributed by atoms with Crippen molar-refractivity contribution in [1.82, 2.24) is 9.80 Å². The fraction of sp³-hybridized carbons (Fsp3) is 0.769. The van der Waals surface area contributed by atoms with Gasteiger partial charge in [-0.05, 0) is 18.0 Å². The van der Waals surface area contributed by atoms with Crippen LogP contribution in [0.1, 0.15) is 45.4 Å². The number of hydrogen-bond donors (Lipinski definition) is 0. The van der Waals surface area contributed by atoms with E-state index in [-0.39, 0.29) is 6.54 Å². The van der Waals surface area contributed by atoms with Gasteiger partial charge in [0.25, 0.3) is 0 Å². The largest absolute Gasteiger partial charge is 0.333 e. The molecule has 0 N–H and O–H groups in total. The third-order valence-electron chi connectivity index (χ3n) is 3.30. The van der Waals surface area contributed by atoms with Gasteiger partial charge in [0, 0.05) is 19.6 Å². The Balaban J connectivity index is 2.27. The first kappa shape index (κ1) is 16.0. The zero-order chi connectivity index (χ0) is 14.3. The minimum Gasteiger partial charge on any atom is -0.333 e. The summed E-state index contributed by atoms with van der Waals surface area (Å²) in [6.07, 6.45) is 6.80. The minimum absolute atomic E-state index is 0.197. The molecule has 1 saturated heterocycles. The molecule has 0 saturated carbocycles. The first-order valence-corrected chi connectivity index (χ1v) is 7.26. The molecule has 1 fully saturated rings. The lowest BCUT2D eigenvalue weighted by molar-refractivity contribution is -0.153. The number of rotatable bonds is 7. The number of carbonyl (C=O) groups excluding carboxylic acids is 3. The van der Waals surface area contributed by atoms with Crippen LogP contribution in [0, 0.1) is 0 Å². The number of imide groups is 1. The van der Waals surface area contributed by atoms with Gasteiger partial charge in [-0.2, -0.15) is 0 Å². The van der Waals surface area contributed by atoms with Crippen LogP contribution in [0.15, 0.2) is 0 Å². The lowest BCUT2D eigenvalue weighted by Gasteiger charge is -2.31. The van der Waals surface area contributed by atoms with Crippen LogP contribution in [0.2, 0.25) is 0 Å². The molecule has 1 heterocycles. The summed E-state index contributed by atoms with van der Waals surface area (Å²) in [4.78, 5) is 36.5. The normalized spacial score (nSPS) is 16.1. The van der Waals surface area contributed by atoms with Crippen molar-refractivity contribution in [2.24, 2.45) is 0 Å². The zero-order valence-corrected chi connectivity index (χ0v) is 12.1. The zero-order valence-electron chi connectivity index (χ0n) is 11.4. The Kier molecular flexibility index (Phi) is 6.84. The maximum atomic E-state index is 11.7. The number of carbonyl (C=O) groups is 3. The van der Waals surface area contributed by atoms with Crippen LogP contribution in [0.5, 0.6) is 0 Å². The Labute approximate surface area is 118 Å². The van der Waals surface area contributed by atoms with Crippen LogP contribution >= 0.6 is 11.6 Å². The summed E-state index contributed by atoms with van der Waals surface area (Å²) < 4.78 is 0. The van der Waals surface area contributed by atoms with E-state index in [1.165, 1.54) is 24.2 Å². The van der Waals surface area contributed by atoms with Gasteiger partial charge in [0.2, 0.25) is 0 Å². The van der Waals surface area contributed by atoms with E-state index in [4.69, 9.17) is 11.6 Å². The molecule has 0 spiro atoms. The summed E-state index contributed by atoms with van der Waals surface area (Å²) >= 11 is 5.24. The summed E-state index contributed by atoms with van der Waals surface area (Å²) in [5, 5.41) is -0.877. The number of halogens is 1. The van der Waals surface area contributed by atoms with E-state index < -0.39 is 17.2 Å². The molecule has 108 valence electrons. The second-order valence-corrected chi connectivity index (χ2v) is 5.09. The molecular formula is C13H21ClN2O3. The van der Waals surface area contributed by atoms with Gasteiger partial charge in [-0.25, -0.2) is 0 Å². The molecule has 0 bridgehead atoms. The Morgan fingerprint density at radius 1 is 1.05 bits per heavy atom. The van der Waals surface area contributed by atoms with E-state index in [0.29, 0.717) is 13.1 Å². The molecule has 6 heteroatoms. The average Bonchev–Trinajstić information content (AvgIpc) is 2.38. The molecule has 3 amide bonds. The summed E-state index contributed by atoms with van der Waals surface area (Å²) in [6, 6.07) is 0. The number of hydrogen-bond acceptors (Lipinski definition) is 3. The third-order valence-corrected chi connectivity index (χ3v) is 3.51.